The van der Waals surface area contributed by atoms with Crippen molar-refractivity contribution in [2.24, 2.45) is 0 Å². The summed E-state index contributed by atoms with van der Waals surface area (Å²) in [6.07, 6.45) is 0.367. The van der Waals surface area contributed by atoms with E-state index in [1.807, 2.05) is 36.4 Å². The quantitative estimate of drug-likeness (QED) is 0.734. The van der Waals surface area contributed by atoms with Gasteiger partial charge in [-0.2, -0.15) is 0 Å². The van der Waals surface area contributed by atoms with Crippen molar-refractivity contribution in [2.45, 2.75) is 24.3 Å². The van der Waals surface area contributed by atoms with Gasteiger partial charge in [-0.3, -0.25) is 9.59 Å². The summed E-state index contributed by atoms with van der Waals surface area (Å²) in [6.45, 7) is -0.0524. The van der Waals surface area contributed by atoms with Gasteiger partial charge >= 0.3 is 12.1 Å². The molecular weight excluding hydrogens is 372 g/mol. The van der Waals surface area contributed by atoms with Crippen molar-refractivity contribution in [3.8, 4) is 11.1 Å². The molecule has 0 atom stereocenters. The summed E-state index contributed by atoms with van der Waals surface area (Å²) in [5.41, 5.74) is 3.55. The van der Waals surface area contributed by atoms with E-state index in [-0.39, 0.29) is 19.1 Å². The van der Waals surface area contributed by atoms with Crippen molar-refractivity contribution in [3.05, 3.63) is 59.7 Å². The molecule has 7 nitrogen and oxygen atoms in total. The SMILES string of the molecule is COC(=O)CNC(=O)C1(NC(=O)OCC2c3ccccc3-c3ccccc32)CC1. The molecule has 0 unspecified atom stereocenters. The first-order valence-corrected chi connectivity index (χ1v) is 9.52. The van der Waals surface area contributed by atoms with Crippen molar-refractivity contribution < 1.29 is 23.9 Å². The largest absolute Gasteiger partial charge is 0.468 e. The van der Waals surface area contributed by atoms with Crippen LogP contribution in [0.5, 0.6) is 0 Å². The fourth-order valence-corrected chi connectivity index (χ4v) is 3.76. The average Bonchev–Trinajstić information content (AvgIpc) is 3.46. The zero-order chi connectivity index (χ0) is 20.4. The molecule has 1 fully saturated rings. The van der Waals surface area contributed by atoms with Gasteiger partial charge in [0.15, 0.2) is 0 Å². The zero-order valence-electron chi connectivity index (χ0n) is 16.1. The highest BCUT2D eigenvalue weighted by Crippen LogP contribution is 2.44. The van der Waals surface area contributed by atoms with Gasteiger partial charge in [0.05, 0.1) is 7.11 Å². The second-order valence-electron chi connectivity index (χ2n) is 7.29. The van der Waals surface area contributed by atoms with E-state index in [1.54, 1.807) is 0 Å². The van der Waals surface area contributed by atoms with Crippen LogP contribution in [0.4, 0.5) is 4.79 Å². The lowest BCUT2D eigenvalue weighted by Gasteiger charge is -2.18. The van der Waals surface area contributed by atoms with Gasteiger partial charge in [-0.1, -0.05) is 48.5 Å². The van der Waals surface area contributed by atoms with Crippen molar-refractivity contribution in [2.75, 3.05) is 20.3 Å². The van der Waals surface area contributed by atoms with Crippen LogP contribution < -0.4 is 10.6 Å². The Hall–Kier alpha value is -3.35. The van der Waals surface area contributed by atoms with Crippen molar-refractivity contribution in [1.29, 1.82) is 0 Å². The van der Waals surface area contributed by atoms with Crippen LogP contribution in [0, 0.1) is 0 Å². The summed E-state index contributed by atoms with van der Waals surface area (Å²) in [7, 11) is 1.25. The predicted octanol–water partition coefficient (Wildman–Crippen LogP) is 2.35. The molecule has 1 saturated carbocycles. The van der Waals surface area contributed by atoms with E-state index in [9.17, 15) is 14.4 Å². The van der Waals surface area contributed by atoms with E-state index in [2.05, 4.69) is 27.5 Å². The Morgan fingerprint density at radius 2 is 1.59 bits per heavy atom. The number of esters is 1. The van der Waals surface area contributed by atoms with Gasteiger partial charge in [0.1, 0.15) is 18.7 Å². The lowest BCUT2D eigenvalue weighted by Crippen LogP contribution is -2.50. The Bertz CT molecular complexity index is 922. The number of hydrogen-bond donors (Lipinski definition) is 2. The van der Waals surface area contributed by atoms with E-state index in [4.69, 9.17) is 4.74 Å². The zero-order valence-corrected chi connectivity index (χ0v) is 16.1. The first kappa shape index (κ1) is 19.0. The number of hydrogen-bond acceptors (Lipinski definition) is 5. The maximum atomic E-state index is 12.4. The molecule has 29 heavy (non-hydrogen) atoms. The van der Waals surface area contributed by atoms with Crippen LogP contribution >= 0.6 is 0 Å². The molecule has 2 aromatic carbocycles. The summed E-state index contributed by atoms with van der Waals surface area (Å²) >= 11 is 0. The number of nitrogens with one attached hydrogen (secondary N) is 2. The van der Waals surface area contributed by atoms with Crippen LogP contribution in [0.15, 0.2) is 48.5 Å². The van der Waals surface area contributed by atoms with Crippen LogP contribution in [0.25, 0.3) is 11.1 Å². The lowest BCUT2D eigenvalue weighted by atomic mass is 9.98. The van der Waals surface area contributed by atoms with Gasteiger partial charge in [-0.15, -0.1) is 0 Å². The molecule has 2 aromatic rings. The molecule has 0 saturated heterocycles. The van der Waals surface area contributed by atoms with Crippen molar-refractivity contribution in [1.82, 2.24) is 10.6 Å². The van der Waals surface area contributed by atoms with Gasteiger partial charge in [-0.05, 0) is 35.1 Å². The van der Waals surface area contributed by atoms with Gasteiger partial charge in [0.2, 0.25) is 5.91 Å². The van der Waals surface area contributed by atoms with Gasteiger partial charge in [-0.25, -0.2) is 4.79 Å². The molecule has 2 amide bonds. The van der Waals surface area contributed by atoms with Crippen LogP contribution in [0.2, 0.25) is 0 Å². The number of carbonyl (C=O) groups excluding carboxylic acids is 3. The number of ether oxygens (including phenoxy) is 2. The topological polar surface area (TPSA) is 93.7 Å². The Balaban J connectivity index is 1.38. The molecular formula is C22H22N2O5. The average molecular weight is 394 g/mol. The molecule has 0 spiro atoms. The van der Waals surface area contributed by atoms with E-state index >= 15 is 0 Å². The smallest absolute Gasteiger partial charge is 0.408 e. The number of alkyl carbamates (subject to hydrolysis) is 1. The fourth-order valence-electron chi connectivity index (χ4n) is 3.76. The monoisotopic (exact) mass is 394 g/mol. The Morgan fingerprint density at radius 1 is 1.00 bits per heavy atom. The number of fused-ring (bicyclic) bond motifs is 3. The summed E-state index contributed by atoms with van der Waals surface area (Å²) in [5, 5.41) is 5.14. The second-order valence-corrected chi connectivity index (χ2v) is 7.29. The first-order chi connectivity index (χ1) is 14.0. The molecule has 150 valence electrons. The highest BCUT2D eigenvalue weighted by atomic mass is 16.5. The summed E-state index contributed by atoms with van der Waals surface area (Å²) in [4.78, 5) is 35.8. The van der Waals surface area contributed by atoms with Gasteiger partial charge in [0.25, 0.3) is 0 Å². The summed E-state index contributed by atoms with van der Waals surface area (Å²) in [5.74, 6) is -0.997. The van der Waals surface area contributed by atoms with Crippen molar-refractivity contribution in [3.63, 3.8) is 0 Å². The molecule has 0 aliphatic heterocycles. The molecule has 0 heterocycles. The minimum absolute atomic E-state index is 0.0449. The standard InChI is InChI=1S/C22H22N2O5/c1-28-19(25)12-23-20(26)22(10-11-22)24-21(27)29-13-18-16-8-4-2-6-14(16)15-7-3-5-9-17(15)18/h2-9,18H,10-13H2,1H3,(H,23,26)(H,24,27). The highest BCUT2D eigenvalue weighted by molar-refractivity contribution is 5.94. The van der Waals surface area contributed by atoms with Gasteiger partial charge in [0, 0.05) is 5.92 Å². The van der Waals surface area contributed by atoms with Crippen molar-refractivity contribution >= 4 is 18.0 Å². The highest BCUT2D eigenvalue weighted by Gasteiger charge is 2.51. The molecule has 0 bridgehead atoms. The van der Waals surface area contributed by atoms with E-state index in [1.165, 1.54) is 7.11 Å². The summed E-state index contributed by atoms with van der Waals surface area (Å²) in [6, 6.07) is 16.2. The fraction of sp³-hybridized carbons (Fsp3) is 0.318. The first-order valence-electron chi connectivity index (χ1n) is 9.52. The molecule has 7 heteroatoms. The number of amides is 2. The molecule has 2 aliphatic carbocycles. The van der Waals surface area contributed by atoms with E-state index < -0.39 is 23.5 Å². The van der Waals surface area contributed by atoms with E-state index in [0.717, 1.165) is 22.3 Å². The third-order valence-electron chi connectivity index (χ3n) is 5.49. The number of methoxy groups -OCH3 is 1. The maximum Gasteiger partial charge on any atom is 0.408 e. The normalized spacial score (nSPS) is 15.6. The molecule has 0 aromatic heterocycles. The molecule has 2 aliphatic rings. The minimum atomic E-state index is -1.00. The van der Waals surface area contributed by atoms with Gasteiger partial charge < -0.3 is 20.1 Å². The maximum absolute atomic E-state index is 12.4. The van der Waals surface area contributed by atoms with Crippen LogP contribution in [-0.2, 0) is 19.1 Å². The second kappa shape index (κ2) is 7.58. The Kier molecular flexibility index (Phi) is 4.96. The molecule has 2 N–H and O–H groups in total. The third-order valence-corrected chi connectivity index (χ3v) is 5.49. The Morgan fingerprint density at radius 3 is 2.14 bits per heavy atom. The van der Waals surface area contributed by atoms with Crippen LogP contribution in [0.3, 0.4) is 0 Å². The van der Waals surface area contributed by atoms with E-state index in [0.29, 0.717) is 12.8 Å². The Labute approximate surface area is 168 Å². The molecule has 0 radical (unpaired) electrons. The predicted molar refractivity (Wildman–Crippen MR) is 105 cm³/mol. The van der Waals surface area contributed by atoms with Crippen LogP contribution in [-0.4, -0.2) is 43.8 Å². The lowest BCUT2D eigenvalue weighted by molar-refractivity contribution is -0.141. The molecule has 4 rings (SSSR count). The summed E-state index contributed by atoms with van der Waals surface area (Å²) < 4.78 is 9.99. The number of carbonyl (C=O) groups is 3. The van der Waals surface area contributed by atoms with Crippen LogP contribution in [0.1, 0.15) is 29.9 Å². The third kappa shape index (κ3) is 3.68. The minimum Gasteiger partial charge on any atom is -0.468 e. The number of benzene rings is 2. The number of rotatable bonds is 6.